The predicted octanol–water partition coefficient (Wildman–Crippen LogP) is 0.692. The van der Waals surface area contributed by atoms with Crippen molar-refractivity contribution in [3.8, 4) is 0 Å². The Morgan fingerprint density at radius 3 is 2.53 bits per heavy atom. The molecule has 2 fully saturated rings. The smallest absolute Gasteiger partial charge is 0.191 e. The zero-order valence-corrected chi connectivity index (χ0v) is 11.6. The number of guanidine groups is 1. The number of rotatable bonds is 2. The van der Waals surface area contributed by atoms with Gasteiger partial charge in [-0.25, -0.2) is 0 Å². The lowest BCUT2D eigenvalue weighted by molar-refractivity contribution is 0.223. The van der Waals surface area contributed by atoms with Crippen molar-refractivity contribution in [2.45, 2.75) is 12.8 Å². The molecule has 0 amide bonds. The molecule has 0 bridgehead atoms. The molecule has 4 nitrogen and oxygen atoms in total. The topological polar surface area (TPSA) is 44.9 Å². The van der Waals surface area contributed by atoms with Gasteiger partial charge in [-0.3, -0.25) is 4.99 Å². The summed E-state index contributed by atoms with van der Waals surface area (Å²) in [5, 5.41) is 0. The Labute approximate surface area is 109 Å². The van der Waals surface area contributed by atoms with Crippen molar-refractivity contribution in [1.82, 2.24) is 9.80 Å². The van der Waals surface area contributed by atoms with Gasteiger partial charge in [-0.2, -0.15) is 11.8 Å². The van der Waals surface area contributed by atoms with E-state index in [1.54, 1.807) is 0 Å². The minimum absolute atomic E-state index is 0.740. The highest BCUT2D eigenvalue weighted by molar-refractivity contribution is 7.99. The van der Waals surface area contributed by atoms with Gasteiger partial charge in [0, 0.05) is 31.1 Å². The van der Waals surface area contributed by atoms with Gasteiger partial charge in [0.15, 0.2) is 5.96 Å². The molecule has 0 spiro atoms. The first-order valence-corrected chi connectivity index (χ1v) is 7.72. The monoisotopic (exact) mass is 256 g/mol. The van der Waals surface area contributed by atoms with Gasteiger partial charge < -0.3 is 15.5 Å². The van der Waals surface area contributed by atoms with E-state index in [0.717, 1.165) is 31.5 Å². The van der Waals surface area contributed by atoms with Crippen molar-refractivity contribution in [3.63, 3.8) is 0 Å². The fourth-order valence-electron chi connectivity index (χ4n) is 2.36. The van der Waals surface area contributed by atoms with E-state index in [1.807, 2.05) is 11.8 Å². The molecule has 98 valence electrons. The minimum Gasteiger partial charge on any atom is -0.370 e. The number of nitrogens with two attached hydrogens (primary N) is 1. The van der Waals surface area contributed by atoms with Crippen LogP contribution in [0.3, 0.4) is 0 Å². The van der Waals surface area contributed by atoms with Gasteiger partial charge in [0.05, 0.1) is 0 Å². The summed E-state index contributed by atoms with van der Waals surface area (Å²) in [6.07, 6.45) is 2.53. The molecule has 0 aromatic carbocycles. The van der Waals surface area contributed by atoms with Crippen LogP contribution in [0.15, 0.2) is 4.99 Å². The Bertz CT molecular complexity index is 255. The highest BCUT2D eigenvalue weighted by atomic mass is 32.2. The summed E-state index contributed by atoms with van der Waals surface area (Å²) in [6.45, 7) is 5.46. The number of aliphatic imine (C=N–C) groups is 1. The average molecular weight is 256 g/mol. The largest absolute Gasteiger partial charge is 0.370 e. The van der Waals surface area contributed by atoms with Crippen molar-refractivity contribution in [2.75, 3.05) is 51.3 Å². The van der Waals surface area contributed by atoms with Crippen LogP contribution in [0.25, 0.3) is 0 Å². The summed E-state index contributed by atoms with van der Waals surface area (Å²) in [4.78, 5) is 9.21. The molecule has 0 aromatic rings. The number of piperidine rings is 1. The Morgan fingerprint density at radius 1 is 1.24 bits per heavy atom. The molecule has 0 aromatic heterocycles. The summed E-state index contributed by atoms with van der Waals surface area (Å²) < 4.78 is 0. The summed E-state index contributed by atoms with van der Waals surface area (Å²) in [5.41, 5.74) is 6.05. The average Bonchev–Trinajstić information content (AvgIpc) is 2.39. The number of hydrogen-bond acceptors (Lipinski definition) is 3. The number of hydrogen-bond donors (Lipinski definition) is 1. The minimum atomic E-state index is 0.740. The molecule has 2 heterocycles. The van der Waals surface area contributed by atoms with Gasteiger partial charge in [0.25, 0.3) is 0 Å². The maximum atomic E-state index is 6.05. The van der Waals surface area contributed by atoms with Crippen LogP contribution in [0.2, 0.25) is 0 Å². The van der Waals surface area contributed by atoms with Gasteiger partial charge in [-0.1, -0.05) is 0 Å². The van der Waals surface area contributed by atoms with Crippen molar-refractivity contribution < 1.29 is 0 Å². The molecule has 17 heavy (non-hydrogen) atoms. The molecule has 0 atom stereocenters. The standard InChI is InChI=1S/C12H24N4S/c1-15-4-2-11(3-5-15)10-14-12(13)16-6-8-17-9-7-16/h11H,2-10H2,1H3,(H2,13,14). The van der Waals surface area contributed by atoms with Crippen LogP contribution in [0.4, 0.5) is 0 Å². The Hall–Kier alpha value is -0.420. The predicted molar refractivity (Wildman–Crippen MR) is 75.6 cm³/mol. The first-order valence-electron chi connectivity index (χ1n) is 6.57. The van der Waals surface area contributed by atoms with Crippen LogP contribution in [0.1, 0.15) is 12.8 Å². The van der Waals surface area contributed by atoms with Crippen LogP contribution in [0, 0.1) is 5.92 Å². The van der Waals surface area contributed by atoms with Crippen LogP contribution in [0.5, 0.6) is 0 Å². The van der Waals surface area contributed by atoms with E-state index in [1.165, 1.54) is 37.4 Å². The van der Waals surface area contributed by atoms with Gasteiger partial charge in [-0.05, 0) is 38.9 Å². The Balaban J connectivity index is 1.75. The Morgan fingerprint density at radius 2 is 1.88 bits per heavy atom. The lowest BCUT2D eigenvalue weighted by Crippen LogP contribution is -2.43. The van der Waals surface area contributed by atoms with Crippen molar-refractivity contribution in [3.05, 3.63) is 0 Å². The molecule has 0 saturated carbocycles. The summed E-state index contributed by atoms with van der Waals surface area (Å²) in [6, 6.07) is 0. The van der Waals surface area contributed by atoms with Gasteiger partial charge in [-0.15, -0.1) is 0 Å². The van der Waals surface area contributed by atoms with Gasteiger partial charge in [0.1, 0.15) is 0 Å². The van der Waals surface area contributed by atoms with E-state index in [2.05, 4.69) is 21.8 Å². The molecular formula is C12H24N4S. The zero-order valence-electron chi connectivity index (χ0n) is 10.8. The van der Waals surface area contributed by atoms with Crippen LogP contribution < -0.4 is 5.73 Å². The third-order valence-electron chi connectivity index (χ3n) is 3.68. The summed E-state index contributed by atoms with van der Waals surface area (Å²) >= 11 is 2.00. The molecule has 2 saturated heterocycles. The third-order valence-corrected chi connectivity index (χ3v) is 4.63. The normalized spacial score (nSPS) is 25.2. The number of thioether (sulfide) groups is 1. The van der Waals surface area contributed by atoms with E-state index in [0.29, 0.717) is 0 Å². The summed E-state index contributed by atoms with van der Waals surface area (Å²) in [7, 11) is 2.19. The third kappa shape index (κ3) is 4.07. The molecule has 0 unspecified atom stereocenters. The van der Waals surface area contributed by atoms with Crippen molar-refractivity contribution in [2.24, 2.45) is 16.6 Å². The van der Waals surface area contributed by atoms with E-state index >= 15 is 0 Å². The zero-order chi connectivity index (χ0) is 12.1. The number of nitrogens with zero attached hydrogens (tertiary/aromatic N) is 3. The van der Waals surface area contributed by atoms with Crippen LogP contribution >= 0.6 is 11.8 Å². The summed E-state index contributed by atoms with van der Waals surface area (Å²) in [5.74, 6) is 3.88. The first kappa shape index (κ1) is 13.0. The quantitative estimate of drug-likeness (QED) is 0.583. The van der Waals surface area contributed by atoms with E-state index < -0.39 is 0 Å². The first-order chi connectivity index (χ1) is 8.25. The van der Waals surface area contributed by atoms with E-state index in [4.69, 9.17) is 5.73 Å². The van der Waals surface area contributed by atoms with Gasteiger partial charge in [0.2, 0.25) is 0 Å². The second-order valence-corrected chi connectivity index (χ2v) is 6.27. The van der Waals surface area contributed by atoms with Gasteiger partial charge >= 0.3 is 0 Å². The molecular weight excluding hydrogens is 232 g/mol. The maximum Gasteiger partial charge on any atom is 0.191 e. The van der Waals surface area contributed by atoms with Crippen molar-refractivity contribution in [1.29, 1.82) is 0 Å². The van der Waals surface area contributed by atoms with E-state index in [9.17, 15) is 0 Å². The van der Waals surface area contributed by atoms with Crippen LogP contribution in [-0.2, 0) is 0 Å². The highest BCUT2D eigenvalue weighted by Crippen LogP contribution is 2.16. The molecule has 0 radical (unpaired) electrons. The van der Waals surface area contributed by atoms with Crippen LogP contribution in [-0.4, -0.2) is 67.0 Å². The molecule has 2 aliphatic heterocycles. The molecule has 0 aliphatic carbocycles. The lowest BCUT2D eigenvalue weighted by atomic mass is 9.97. The fraction of sp³-hybridized carbons (Fsp3) is 0.917. The molecule has 2 rings (SSSR count). The number of likely N-dealkylation sites (tertiary alicyclic amines) is 1. The lowest BCUT2D eigenvalue weighted by Gasteiger charge is -2.29. The second kappa shape index (κ2) is 6.50. The SMILES string of the molecule is CN1CCC(CN=C(N)N2CCSCC2)CC1. The maximum absolute atomic E-state index is 6.05. The highest BCUT2D eigenvalue weighted by Gasteiger charge is 2.17. The molecule has 2 N–H and O–H groups in total. The second-order valence-electron chi connectivity index (χ2n) is 5.04. The Kier molecular flexibility index (Phi) is 4.98. The van der Waals surface area contributed by atoms with Crippen molar-refractivity contribution >= 4 is 17.7 Å². The fourth-order valence-corrected chi connectivity index (χ4v) is 3.26. The molecule has 2 aliphatic rings. The molecule has 5 heteroatoms. The van der Waals surface area contributed by atoms with E-state index in [-0.39, 0.29) is 0 Å².